The van der Waals surface area contributed by atoms with Crippen LogP contribution in [0.1, 0.15) is 12.0 Å². The summed E-state index contributed by atoms with van der Waals surface area (Å²) < 4.78 is 2.13. The number of aryl methyl sites for hydroxylation is 1. The molecular weight excluding hydrogens is 308 g/mol. The first-order chi connectivity index (χ1) is 11.1. The predicted molar refractivity (Wildman–Crippen MR) is 94.5 cm³/mol. The van der Waals surface area contributed by atoms with Gasteiger partial charge in [0.1, 0.15) is 0 Å². The van der Waals surface area contributed by atoms with Gasteiger partial charge >= 0.3 is 0 Å². The van der Waals surface area contributed by atoms with E-state index < -0.39 is 0 Å². The van der Waals surface area contributed by atoms with Gasteiger partial charge < -0.3 is 9.47 Å². The number of nitrogens with zero attached hydrogens (tertiary/aromatic N) is 2. The van der Waals surface area contributed by atoms with E-state index in [0.29, 0.717) is 24.5 Å². The number of hydrogen-bond acceptors (Lipinski definition) is 1. The molecule has 0 saturated carbocycles. The Morgan fingerprint density at radius 1 is 1.09 bits per heavy atom. The van der Waals surface area contributed by atoms with Gasteiger partial charge in [-0.15, -0.1) is 0 Å². The highest BCUT2D eigenvalue weighted by Gasteiger charge is 2.10. The minimum Gasteiger partial charge on any atom is -0.347 e. The van der Waals surface area contributed by atoms with Crippen LogP contribution in [0, 0.1) is 0 Å². The van der Waals surface area contributed by atoms with Gasteiger partial charge in [0.15, 0.2) is 0 Å². The maximum absolute atomic E-state index is 12.3. The molecule has 0 unspecified atom stereocenters. The molecule has 0 N–H and O–H groups in total. The molecule has 0 aliphatic carbocycles. The van der Waals surface area contributed by atoms with Gasteiger partial charge in [0, 0.05) is 43.3 Å². The van der Waals surface area contributed by atoms with Crippen molar-refractivity contribution in [2.45, 2.75) is 19.5 Å². The van der Waals surface area contributed by atoms with E-state index in [4.69, 9.17) is 11.6 Å². The van der Waals surface area contributed by atoms with Crippen molar-refractivity contribution in [1.29, 1.82) is 0 Å². The number of carbonyl (C=O) groups is 1. The molecular formula is C19H19ClN2O. The van der Waals surface area contributed by atoms with E-state index in [9.17, 15) is 4.79 Å². The Kier molecular flexibility index (Phi) is 4.68. The topological polar surface area (TPSA) is 25.2 Å². The van der Waals surface area contributed by atoms with Crippen LogP contribution in [0.15, 0.2) is 60.8 Å². The molecule has 0 bridgehead atoms. The molecule has 0 fully saturated rings. The highest BCUT2D eigenvalue weighted by molar-refractivity contribution is 6.30. The Balaban J connectivity index is 1.59. The molecule has 0 saturated heterocycles. The van der Waals surface area contributed by atoms with E-state index in [1.807, 2.05) is 49.6 Å². The van der Waals surface area contributed by atoms with E-state index in [-0.39, 0.29) is 5.91 Å². The molecule has 118 valence electrons. The third-order valence-electron chi connectivity index (χ3n) is 4.01. The van der Waals surface area contributed by atoms with Crippen molar-refractivity contribution < 1.29 is 4.79 Å². The number of rotatable bonds is 5. The SMILES string of the molecule is CN(Cc1ccc(Cl)cc1)C(=O)CCn1ccc2ccccc21. The lowest BCUT2D eigenvalue weighted by molar-refractivity contribution is -0.130. The summed E-state index contributed by atoms with van der Waals surface area (Å²) in [6.45, 7) is 1.29. The fraction of sp³-hybridized carbons (Fsp3) is 0.211. The maximum atomic E-state index is 12.3. The molecule has 3 aromatic rings. The van der Waals surface area contributed by atoms with Crippen LogP contribution in [0.25, 0.3) is 10.9 Å². The van der Waals surface area contributed by atoms with Crippen LogP contribution in [0.2, 0.25) is 5.02 Å². The molecule has 0 aliphatic heterocycles. The summed E-state index contributed by atoms with van der Waals surface area (Å²) in [5.74, 6) is 0.137. The Morgan fingerprint density at radius 3 is 2.61 bits per heavy atom. The number of fused-ring (bicyclic) bond motifs is 1. The summed E-state index contributed by atoms with van der Waals surface area (Å²) in [5, 5.41) is 1.91. The van der Waals surface area contributed by atoms with Gasteiger partial charge in [-0.3, -0.25) is 4.79 Å². The zero-order valence-electron chi connectivity index (χ0n) is 13.1. The number of aromatic nitrogens is 1. The van der Waals surface area contributed by atoms with E-state index in [2.05, 4.69) is 22.8 Å². The number of benzene rings is 2. The monoisotopic (exact) mass is 326 g/mol. The quantitative estimate of drug-likeness (QED) is 0.684. The average Bonchev–Trinajstić information content (AvgIpc) is 2.98. The van der Waals surface area contributed by atoms with Gasteiger partial charge in [-0.1, -0.05) is 41.9 Å². The highest BCUT2D eigenvalue weighted by atomic mass is 35.5. The molecule has 0 radical (unpaired) electrons. The van der Waals surface area contributed by atoms with Crippen molar-refractivity contribution in [1.82, 2.24) is 9.47 Å². The van der Waals surface area contributed by atoms with Crippen molar-refractivity contribution in [3.8, 4) is 0 Å². The lowest BCUT2D eigenvalue weighted by Crippen LogP contribution is -2.26. The van der Waals surface area contributed by atoms with Gasteiger partial charge in [-0.2, -0.15) is 0 Å². The lowest BCUT2D eigenvalue weighted by atomic mass is 10.2. The van der Waals surface area contributed by atoms with Crippen LogP contribution in [0.4, 0.5) is 0 Å². The van der Waals surface area contributed by atoms with Crippen molar-refractivity contribution in [2.75, 3.05) is 7.05 Å². The summed E-state index contributed by atoms with van der Waals surface area (Å²) in [6.07, 6.45) is 2.53. The fourth-order valence-electron chi connectivity index (χ4n) is 2.69. The molecule has 0 spiro atoms. The molecule has 2 aromatic carbocycles. The molecule has 1 heterocycles. The number of halogens is 1. The largest absolute Gasteiger partial charge is 0.347 e. The van der Waals surface area contributed by atoms with E-state index in [1.54, 1.807) is 4.90 Å². The summed E-state index contributed by atoms with van der Waals surface area (Å²) in [6, 6.07) is 17.9. The number of amides is 1. The molecule has 4 heteroatoms. The van der Waals surface area contributed by atoms with E-state index in [1.165, 1.54) is 10.9 Å². The zero-order valence-corrected chi connectivity index (χ0v) is 13.8. The van der Waals surface area contributed by atoms with E-state index >= 15 is 0 Å². The van der Waals surface area contributed by atoms with E-state index in [0.717, 1.165) is 5.56 Å². The van der Waals surface area contributed by atoms with Gasteiger partial charge in [-0.05, 0) is 35.2 Å². The first kappa shape index (κ1) is 15.6. The number of para-hydroxylation sites is 1. The van der Waals surface area contributed by atoms with Crippen LogP contribution in [0.3, 0.4) is 0 Å². The second-order valence-corrected chi connectivity index (χ2v) is 6.13. The lowest BCUT2D eigenvalue weighted by Gasteiger charge is -2.17. The van der Waals surface area contributed by atoms with Gasteiger partial charge in [0.2, 0.25) is 5.91 Å². The molecule has 1 amide bonds. The third kappa shape index (κ3) is 3.74. The normalized spacial score (nSPS) is 10.9. The predicted octanol–water partition coefficient (Wildman–Crippen LogP) is 4.34. The van der Waals surface area contributed by atoms with Crippen LogP contribution in [0.5, 0.6) is 0 Å². The van der Waals surface area contributed by atoms with Crippen LogP contribution < -0.4 is 0 Å². The zero-order chi connectivity index (χ0) is 16.2. The maximum Gasteiger partial charge on any atom is 0.224 e. The average molecular weight is 327 g/mol. The first-order valence-electron chi connectivity index (χ1n) is 7.66. The molecule has 23 heavy (non-hydrogen) atoms. The van der Waals surface area contributed by atoms with Crippen LogP contribution >= 0.6 is 11.6 Å². The van der Waals surface area contributed by atoms with Crippen molar-refractivity contribution in [3.63, 3.8) is 0 Å². The Bertz CT molecular complexity index is 808. The Morgan fingerprint density at radius 2 is 1.83 bits per heavy atom. The van der Waals surface area contributed by atoms with Crippen molar-refractivity contribution >= 4 is 28.4 Å². The first-order valence-corrected chi connectivity index (χ1v) is 8.03. The van der Waals surface area contributed by atoms with Crippen molar-refractivity contribution in [3.05, 3.63) is 71.4 Å². The summed E-state index contributed by atoms with van der Waals surface area (Å²) in [5.41, 5.74) is 2.25. The number of carbonyl (C=O) groups excluding carboxylic acids is 1. The standard InChI is InChI=1S/C19H19ClN2O/c1-21(14-15-6-8-17(20)9-7-15)19(23)11-13-22-12-10-16-4-2-3-5-18(16)22/h2-10,12H,11,13-14H2,1H3. The minimum atomic E-state index is 0.137. The fourth-order valence-corrected chi connectivity index (χ4v) is 2.82. The molecule has 3 nitrogen and oxygen atoms in total. The summed E-state index contributed by atoms with van der Waals surface area (Å²) in [7, 11) is 1.84. The number of hydrogen-bond donors (Lipinski definition) is 0. The molecule has 3 rings (SSSR count). The molecule has 1 aromatic heterocycles. The smallest absolute Gasteiger partial charge is 0.224 e. The highest BCUT2D eigenvalue weighted by Crippen LogP contribution is 2.16. The van der Waals surface area contributed by atoms with Gasteiger partial charge in [0.05, 0.1) is 0 Å². The Labute approximate surface area is 141 Å². The minimum absolute atomic E-state index is 0.137. The molecule has 0 aliphatic rings. The van der Waals surface area contributed by atoms with Crippen LogP contribution in [-0.2, 0) is 17.9 Å². The summed E-state index contributed by atoms with van der Waals surface area (Å²) in [4.78, 5) is 14.1. The summed E-state index contributed by atoms with van der Waals surface area (Å²) >= 11 is 5.88. The van der Waals surface area contributed by atoms with Crippen LogP contribution in [-0.4, -0.2) is 22.4 Å². The second-order valence-electron chi connectivity index (χ2n) is 5.69. The Hall–Kier alpha value is -2.26. The molecule has 0 atom stereocenters. The second kappa shape index (κ2) is 6.88. The van der Waals surface area contributed by atoms with Crippen molar-refractivity contribution in [2.24, 2.45) is 0 Å². The van der Waals surface area contributed by atoms with Gasteiger partial charge in [-0.25, -0.2) is 0 Å². The third-order valence-corrected chi connectivity index (χ3v) is 4.26. The van der Waals surface area contributed by atoms with Gasteiger partial charge in [0.25, 0.3) is 0 Å².